The van der Waals surface area contributed by atoms with Gasteiger partial charge in [-0.3, -0.25) is 19.4 Å². The van der Waals surface area contributed by atoms with Gasteiger partial charge in [0.15, 0.2) is 0 Å². The van der Waals surface area contributed by atoms with Gasteiger partial charge in [-0.2, -0.15) is 0 Å². The monoisotopic (exact) mass is 287 g/mol. The van der Waals surface area contributed by atoms with Crippen LogP contribution in [-0.2, 0) is 9.59 Å². The number of rotatable bonds is 3. The van der Waals surface area contributed by atoms with Gasteiger partial charge in [0.2, 0.25) is 0 Å². The molecule has 0 saturated carbocycles. The quantitative estimate of drug-likeness (QED) is 0.619. The van der Waals surface area contributed by atoms with Crippen LogP contribution in [0.5, 0.6) is 0 Å². The molecule has 0 spiro atoms. The fourth-order valence-corrected chi connectivity index (χ4v) is 2.97. The van der Waals surface area contributed by atoms with Gasteiger partial charge < -0.3 is 0 Å². The summed E-state index contributed by atoms with van der Waals surface area (Å²) in [6.45, 7) is 0.988. The lowest BCUT2D eigenvalue weighted by Gasteiger charge is -2.27. The molecule has 21 heavy (non-hydrogen) atoms. The molecule has 2 aliphatic heterocycles. The van der Waals surface area contributed by atoms with Gasteiger partial charge in [-0.05, 0) is 18.4 Å². The van der Waals surface area contributed by atoms with E-state index < -0.39 is 17.8 Å². The molecule has 110 valence electrons. The number of hydrogen-bond acceptors (Lipinski definition) is 4. The van der Waals surface area contributed by atoms with Crippen LogP contribution in [0.3, 0.4) is 0 Å². The third-order valence-electron chi connectivity index (χ3n) is 4.12. The van der Waals surface area contributed by atoms with Crippen LogP contribution in [0.15, 0.2) is 30.3 Å². The summed E-state index contributed by atoms with van der Waals surface area (Å²) in [6.07, 6.45) is 2.00. The van der Waals surface area contributed by atoms with Crippen LogP contribution in [0.2, 0.25) is 0 Å². The zero-order chi connectivity index (χ0) is 15.0. The minimum Gasteiger partial charge on any atom is -0.278 e. The van der Waals surface area contributed by atoms with Gasteiger partial charge in [-0.25, -0.2) is 9.69 Å². The third-order valence-corrected chi connectivity index (χ3v) is 4.12. The van der Waals surface area contributed by atoms with E-state index in [1.165, 1.54) is 12.6 Å². The number of nitrogens with zero attached hydrogens (tertiary/aromatic N) is 3. The first-order valence-corrected chi connectivity index (χ1v) is 7.02. The summed E-state index contributed by atoms with van der Waals surface area (Å²) in [5, 5.41) is 0. The fourth-order valence-electron chi connectivity index (χ4n) is 2.97. The van der Waals surface area contributed by atoms with Crippen molar-refractivity contribution in [2.45, 2.75) is 18.9 Å². The molecule has 0 radical (unpaired) electrons. The van der Waals surface area contributed by atoms with Crippen molar-refractivity contribution >= 4 is 17.8 Å². The molecule has 6 nitrogen and oxygen atoms in total. The van der Waals surface area contributed by atoms with Crippen molar-refractivity contribution in [3.05, 3.63) is 35.9 Å². The van der Waals surface area contributed by atoms with Crippen LogP contribution in [0.25, 0.3) is 0 Å². The van der Waals surface area contributed by atoms with Crippen molar-refractivity contribution in [1.82, 2.24) is 14.7 Å². The zero-order valence-electron chi connectivity index (χ0n) is 11.9. The topological polar surface area (TPSA) is 60.9 Å². The predicted molar refractivity (Wildman–Crippen MR) is 75.0 cm³/mol. The number of likely N-dealkylation sites (N-methyl/N-ethyl adjacent to an activating group) is 1. The van der Waals surface area contributed by atoms with Crippen LogP contribution in [-0.4, -0.2) is 52.8 Å². The number of likely N-dealkylation sites (tertiary alicyclic amines) is 1. The number of carbonyl (C=O) groups excluding carboxylic acids is 3. The molecule has 1 aromatic carbocycles. The van der Waals surface area contributed by atoms with E-state index in [2.05, 4.69) is 4.90 Å². The maximum absolute atomic E-state index is 11.9. The van der Waals surface area contributed by atoms with Crippen LogP contribution in [0.4, 0.5) is 4.79 Å². The second-order valence-corrected chi connectivity index (χ2v) is 5.40. The molecule has 0 aliphatic carbocycles. The predicted octanol–water partition coefficient (Wildman–Crippen LogP) is 1.20. The van der Waals surface area contributed by atoms with E-state index in [1.807, 2.05) is 30.3 Å². The van der Waals surface area contributed by atoms with Crippen LogP contribution < -0.4 is 0 Å². The van der Waals surface area contributed by atoms with Crippen molar-refractivity contribution in [2.24, 2.45) is 0 Å². The average Bonchev–Trinajstić information content (AvgIpc) is 3.04. The van der Waals surface area contributed by atoms with Crippen molar-refractivity contribution in [3.8, 4) is 0 Å². The van der Waals surface area contributed by atoms with Gasteiger partial charge in [-0.1, -0.05) is 30.3 Å². The Labute approximate surface area is 122 Å². The molecule has 2 aliphatic rings. The summed E-state index contributed by atoms with van der Waals surface area (Å²) in [5.41, 5.74) is 1.17. The standard InChI is InChI=1S/C15H17N3O3/c1-16-13(19)14(20)18(15(16)21)10-17-9-5-8-12(17)11-6-3-2-4-7-11/h2-4,6-7,12H,5,8-10H2,1H3/t12-/m0/s1. The minimum absolute atomic E-state index is 0.174. The summed E-state index contributed by atoms with van der Waals surface area (Å²) in [6, 6.07) is 9.67. The van der Waals surface area contributed by atoms with Gasteiger partial charge in [0.05, 0.1) is 6.67 Å². The molecular formula is C15H17N3O3. The molecular weight excluding hydrogens is 270 g/mol. The highest BCUT2D eigenvalue weighted by molar-refractivity contribution is 6.44. The maximum Gasteiger partial charge on any atom is 0.335 e. The minimum atomic E-state index is -0.754. The largest absolute Gasteiger partial charge is 0.335 e. The number of benzene rings is 1. The van der Waals surface area contributed by atoms with E-state index in [-0.39, 0.29) is 12.7 Å². The van der Waals surface area contributed by atoms with Crippen molar-refractivity contribution in [1.29, 1.82) is 0 Å². The molecule has 4 amide bonds. The first-order chi connectivity index (χ1) is 10.1. The van der Waals surface area contributed by atoms with Gasteiger partial charge in [0.25, 0.3) is 0 Å². The first kappa shape index (κ1) is 13.8. The maximum atomic E-state index is 11.9. The number of imide groups is 2. The number of carbonyl (C=O) groups is 3. The molecule has 3 rings (SSSR count). The molecule has 2 fully saturated rings. The number of hydrogen-bond donors (Lipinski definition) is 0. The molecule has 2 heterocycles. The van der Waals surface area contributed by atoms with E-state index in [9.17, 15) is 14.4 Å². The lowest BCUT2D eigenvalue weighted by Crippen LogP contribution is -2.41. The van der Waals surface area contributed by atoms with Gasteiger partial charge in [0, 0.05) is 19.6 Å². The van der Waals surface area contributed by atoms with Crippen molar-refractivity contribution in [2.75, 3.05) is 20.3 Å². The molecule has 0 aromatic heterocycles. The Morgan fingerprint density at radius 1 is 1.10 bits per heavy atom. The van der Waals surface area contributed by atoms with E-state index in [1.54, 1.807) is 0 Å². The van der Waals surface area contributed by atoms with Crippen LogP contribution in [0, 0.1) is 0 Å². The SMILES string of the molecule is CN1C(=O)C(=O)N(CN2CCC[C@H]2c2ccccc2)C1=O. The van der Waals surface area contributed by atoms with Crippen molar-refractivity contribution < 1.29 is 14.4 Å². The van der Waals surface area contributed by atoms with E-state index in [4.69, 9.17) is 0 Å². The van der Waals surface area contributed by atoms with Crippen LogP contribution >= 0.6 is 0 Å². The average molecular weight is 287 g/mol. The highest BCUT2D eigenvalue weighted by atomic mass is 16.2. The van der Waals surface area contributed by atoms with Crippen molar-refractivity contribution in [3.63, 3.8) is 0 Å². The van der Waals surface area contributed by atoms with E-state index >= 15 is 0 Å². The third kappa shape index (κ3) is 2.31. The second kappa shape index (κ2) is 5.29. The fraction of sp³-hybridized carbons (Fsp3) is 0.400. The summed E-state index contributed by atoms with van der Waals surface area (Å²) in [7, 11) is 1.33. The smallest absolute Gasteiger partial charge is 0.278 e. The normalized spacial score (nSPS) is 23.5. The summed E-state index contributed by atoms with van der Waals surface area (Å²) < 4.78 is 0. The Balaban J connectivity index is 1.77. The number of amides is 4. The van der Waals surface area contributed by atoms with Gasteiger partial charge in [0.1, 0.15) is 0 Å². The molecule has 0 N–H and O–H groups in total. The lowest BCUT2D eigenvalue weighted by atomic mass is 10.1. The van der Waals surface area contributed by atoms with Crippen LogP contribution in [0.1, 0.15) is 24.4 Å². The van der Waals surface area contributed by atoms with Gasteiger partial charge >= 0.3 is 17.8 Å². The molecule has 0 unspecified atom stereocenters. The lowest BCUT2D eigenvalue weighted by molar-refractivity contribution is -0.143. The molecule has 2 saturated heterocycles. The van der Waals surface area contributed by atoms with E-state index in [0.717, 1.165) is 29.2 Å². The molecule has 0 bridgehead atoms. The zero-order valence-corrected chi connectivity index (χ0v) is 11.9. The summed E-state index contributed by atoms with van der Waals surface area (Å²) in [5.74, 6) is -1.49. The molecule has 1 atom stereocenters. The summed E-state index contributed by atoms with van der Waals surface area (Å²) in [4.78, 5) is 39.3. The first-order valence-electron chi connectivity index (χ1n) is 7.02. The van der Waals surface area contributed by atoms with Gasteiger partial charge in [-0.15, -0.1) is 0 Å². The van der Waals surface area contributed by atoms with E-state index in [0.29, 0.717) is 0 Å². The molecule has 1 aromatic rings. The Morgan fingerprint density at radius 2 is 1.81 bits per heavy atom. The Kier molecular flexibility index (Phi) is 3.47. The summed E-state index contributed by atoms with van der Waals surface area (Å²) >= 11 is 0. The Hall–Kier alpha value is -2.21. The Bertz CT molecular complexity index is 587. The second-order valence-electron chi connectivity index (χ2n) is 5.40. The number of urea groups is 1. The highest BCUT2D eigenvalue weighted by Crippen LogP contribution is 2.32. The Morgan fingerprint density at radius 3 is 2.43 bits per heavy atom. The highest BCUT2D eigenvalue weighted by Gasteiger charge is 2.43. The molecule has 6 heteroatoms.